The number of allylic oxidation sites excluding steroid dienone is 1. The van der Waals surface area contributed by atoms with Crippen LogP contribution in [0.2, 0.25) is 0 Å². The molecule has 0 aromatic heterocycles. The van der Waals surface area contributed by atoms with Crippen molar-refractivity contribution in [2.45, 2.75) is 6.04 Å². The molecule has 1 aliphatic rings. The van der Waals surface area contributed by atoms with Crippen LogP contribution in [0.1, 0.15) is 0 Å². The van der Waals surface area contributed by atoms with E-state index in [2.05, 4.69) is 4.99 Å². The van der Waals surface area contributed by atoms with E-state index in [-0.39, 0.29) is 6.04 Å². The van der Waals surface area contributed by atoms with E-state index >= 15 is 0 Å². The van der Waals surface area contributed by atoms with Gasteiger partial charge in [0, 0.05) is 6.21 Å². The van der Waals surface area contributed by atoms with Crippen molar-refractivity contribution in [3.8, 4) is 0 Å². The normalized spacial score (nSPS) is 26.0. The quantitative estimate of drug-likeness (QED) is 0.453. The summed E-state index contributed by atoms with van der Waals surface area (Å²) in [6.07, 6.45) is 6.74. The van der Waals surface area contributed by atoms with Gasteiger partial charge in [0.25, 0.3) is 0 Å². The monoisotopic (exact) mass is 94.0 g/mol. The third-order valence-corrected chi connectivity index (χ3v) is 0.747. The Kier molecular flexibility index (Phi) is 1.02. The summed E-state index contributed by atoms with van der Waals surface area (Å²) in [6.45, 7) is 0. The van der Waals surface area contributed by atoms with E-state index in [4.69, 9.17) is 0 Å². The van der Waals surface area contributed by atoms with Gasteiger partial charge < -0.3 is 0 Å². The molecular formula is C5H4NO. The number of nitrogens with zero attached hydrogens (tertiary/aromatic N) is 1. The first-order valence-electron chi connectivity index (χ1n) is 2.01. The number of aliphatic imine (C=N–C) groups is 1. The van der Waals surface area contributed by atoms with Crippen molar-refractivity contribution in [2.75, 3.05) is 0 Å². The summed E-state index contributed by atoms with van der Waals surface area (Å²) in [5.74, 6) is 0. The zero-order valence-electron chi connectivity index (χ0n) is 3.66. The largest absolute Gasteiger partial charge is 0.288 e. The van der Waals surface area contributed by atoms with E-state index in [1.54, 1.807) is 24.7 Å². The molecule has 1 aliphatic heterocycles. The highest BCUT2D eigenvalue weighted by atomic mass is 16.1. The Morgan fingerprint density at radius 2 is 2.57 bits per heavy atom. The summed E-state index contributed by atoms with van der Waals surface area (Å²) in [4.78, 5) is 13.4. The summed E-state index contributed by atoms with van der Waals surface area (Å²) in [7, 11) is 0. The maximum Gasteiger partial charge on any atom is 0.229 e. The molecule has 1 radical (unpaired) electrons. The van der Waals surface area contributed by atoms with Gasteiger partial charge >= 0.3 is 0 Å². The first-order chi connectivity index (χ1) is 3.43. The van der Waals surface area contributed by atoms with Crippen molar-refractivity contribution in [3.63, 3.8) is 0 Å². The van der Waals surface area contributed by atoms with Crippen LogP contribution in [0.25, 0.3) is 0 Å². The predicted octanol–water partition coefficient (Wildman–Crippen LogP) is 0.105. The highest BCUT2D eigenvalue weighted by Gasteiger charge is 2.00. The average Bonchev–Trinajstić information content (AvgIpc) is 2.14. The van der Waals surface area contributed by atoms with Crippen LogP contribution in [0.4, 0.5) is 0 Å². The average molecular weight is 94.1 g/mol. The van der Waals surface area contributed by atoms with Crippen LogP contribution in [-0.4, -0.2) is 18.5 Å². The van der Waals surface area contributed by atoms with Gasteiger partial charge in [-0.25, -0.2) is 0 Å². The molecule has 1 atom stereocenters. The minimum atomic E-state index is -0.319. The Morgan fingerprint density at radius 3 is 2.86 bits per heavy atom. The lowest BCUT2D eigenvalue weighted by molar-refractivity contribution is 0.550. The molecule has 0 saturated heterocycles. The predicted molar refractivity (Wildman–Crippen MR) is 27.1 cm³/mol. The zero-order valence-corrected chi connectivity index (χ0v) is 3.66. The van der Waals surface area contributed by atoms with Crippen molar-refractivity contribution >= 4 is 12.5 Å². The Labute approximate surface area is 41.6 Å². The molecule has 0 saturated carbocycles. The molecule has 0 N–H and O–H groups in total. The van der Waals surface area contributed by atoms with Crippen molar-refractivity contribution < 1.29 is 4.79 Å². The molecule has 1 heterocycles. The van der Waals surface area contributed by atoms with E-state index in [0.717, 1.165) is 0 Å². The molecule has 2 heteroatoms. The second-order valence-corrected chi connectivity index (χ2v) is 1.25. The van der Waals surface area contributed by atoms with Gasteiger partial charge in [-0.15, -0.1) is 0 Å². The summed E-state index contributed by atoms with van der Waals surface area (Å²) in [6, 6.07) is -0.319. The first kappa shape index (κ1) is 4.24. The highest BCUT2D eigenvalue weighted by Crippen LogP contribution is 1.93. The lowest BCUT2D eigenvalue weighted by atomic mass is 10.4. The fourth-order valence-corrected chi connectivity index (χ4v) is 0.417. The van der Waals surface area contributed by atoms with Gasteiger partial charge in [-0.2, -0.15) is 0 Å². The van der Waals surface area contributed by atoms with Crippen LogP contribution < -0.4 is 0 Å². The van der Waals surface area contributed by atoms with Crippen LogP contribution in [0, 0.1) is 0 Å². The SMILES string of the molecule is O=[C]C1C=CC=N1. The molecule has 1 rings (SSSR count). The maximum atomic E-state index is 9.72. The summed E-state index contributed by atoms with van der Waals surface area (Å²) in [5.41, 5.74) is 0. The topological polar surface area (TPSA) is 29.4 Å². The van der Waals surface area contributed by atoms with Crippen LogP contribution in [0.5, 0.6) is 0 Å². The molecule has 0 amide bonds. The third-order valence-electron chi connectivity index (χ3n) is 0.747. The first-order valence-corrected chi connectivity index (χ1v) is 2.01. The van der Waals surface area contributed by atoms with Gasteiger partial charge in [-0.3, -0.25) is 9.79 Å². The Balaban J connectivity index is 2.59. The molecule has 1 unspecified atom stereocenters. The van der Waals surface area contributed by atoms with Gasteiger partial charge in [0.15, 0.2) is 0 Å². The highest BCUT2D eigenvalue weighted by molar-refractivity contribution is 5.80. The van der Waals surface area contributed by atoms with Crippen LogP contribution in [-0.2, 0) is 4.79 Å². The number of rotatable bonds is 1. The van der Waals surface area contributed by atoms with Crippen LogP contribution in [0.3, 0.4) is 0 Å². The summed E-state index contributed by atoms with van der Waals surface area (Å²) in [5, 5.41) is 0. The molecule has 0 fully saturated rings. The zero-order chi connectivity index (χ0) is 5.11. The molecule has 0 aromatic rings. The van der Waals surface area contributed by atoms with E-state index < -0.39 is 0 Å². The minimum Gasteiger partial charge on any atom is -0.288 e. The standard InChI is InChI=1S/C5H4NO/c7-4-5-2-1-3-6-5/h1-3,5H. The lowest BCUT2D eigenvalue weighted by Crippen LogP contribution is -1.95. The molecule has 0 aromatic carbocycles. The van der Waals surface area contributed by atoms with Crippen LogP contribution >= 0.6 is 0 Å². The van der Waals surface area contributed by atoms with E-state index in [1.165, 1.54) is 0 Å². The van der Waals surface area contributed by atoms with Crippen molar-refractivity contribution in [3.05, 3.63) is 12.2 Å². The maximum absolute atomic E-state index is 9.72. The number of hydrogen-bond acceptors (Lipinski definition) is 2. The molecule has 7 heavy (non-hydrogen) atoms. The van der Waals surface area contributed by atoms with Gasteiger partial charge in [0.2, 0.25) is 6.29 Å². The van der Waals surface area contributed by atoms with E-state index in [0.29, 0.717) is 0 Å². The van der Waals surface area contributed by atoms with Gasteiger partial charge in [-0.05, 0) is 6.08 Å². The molecular weight excluding hydrogens is 90.1 g/mol. The minimum absolute atomic E-state index is 0.319. The fourth-order valence-electron chi connectivity index (χ4n) is 0.417. The third kappa shape index (κ3) is 0.738. The second-order valence-electron chi connectivity index (χ2n) is 1.25. The molecule has 2 nitrogen and oxygen atoms in total. The van der Waals surface area contributed by atoms with E-state index in [9.17, 15) is 4.79 Å². The van der Waals surface area contributed by atoms with E-state index in [1.807, 2.05) is 0 Å². The molecule has 0 spiro atoms. The number of carbonyl (C=O) groups excluding carboxylic acids is 1. The fraction of sp³-hybridized carbons (Fsp3) is 0.200. The smallest absolute Gasteiger partial charge is 0.229 e. The van der Waals surface area contributed by atoms with Crippen LogP contribution in [0.15, 0.2) is 17.1 Å². The Hall–Kier alpha value is -0.920. The molecule has 35 valence electrons. The molecule has 0 bridgehead atoms. The van der Waals surface area contributed by atoms with Gasteiger partial charge in [0.1, 0.15) is 6.04 Å². The summed E-state index contributed by atoms with van der Waals surface area (Å²) < 4.78 is 0. The number of hydrogen-bond donors (Lipinski definition) is 0. The second kappa shape index (κ2) is 1.69. The Morgan fingerprint density at radius 1 is 1.71 bits per heavy atom. The van der Waals surface area contributed by atoms with Crippen molar-refractivity contribution in [2.24, 2.45) is 4.99 Å². The van der Waals surface area contributed by atoms with Crippen molar-refractivity contribution in [1.82, 2.24) is 0 Å². The van der Waals surface area contributed by atoms with Crippen molar-refractivity contribution in [1.29, 1.82) is 0 Å². The molecule has 0 aliphatic carbocycles. The Bertz CT molecular complexity index is 114. The van der Waals surface area contributed by atoms with Gasteiger partial charge in [-0.1, -0.05) is 6.08 Å². The lowest BCUT2D eigenvalue weighted by Gasteiger charge is -1.81. The summed E-state index contributed by atoms with van der Waals surface area (Å²) >= 11 is 0. The van der Waals surface area contributed by atoms with Gasteiger partial charge in [0.05, 0.1) is 0 Å².